The van der Waals surface area contributed by atoms with Gasteiger partial charge in [0.2, 0.25) is 0 Å². The highest BCUT2D eigenvalue weighted by Crippen LogP contribution is 2.23. The molecule has 0 heterocycles. The number of carbonyl (C=O) groups excluding carboxylic acids is 1. The number of para-hydroxylation sites is 1. The minimum atomic E-state index is -0.354. The topological polar surface area (TPSA) is 61.5 Å². The molecule has 0 saturated heterocycles. The summed E-state index contributed by atoms with van der Waals surface area (Å²) in [6.07, 6.45) is 3.40. The average molecular weight is 297 g/mol. The van der Waals surface area contributed by atoms with E-state index in [4.69, 9.17) is 15.2 Å². The van der Waals surface area contributed by atoms with Crippen molar-refractivity contribution in [2.45, 2.75) is 39.0 Å². The van der Waals surface area contributed by atoms with Crippen molar-refractivity contribution >= 4 is 5.97 Å². The number of benzene rings is 1. The van der Waals surface area contributed by atoms with Gasteiger partial charge in [-0.3, -0.25) is 4.79 Å². The minimum absolute atomic E-state index is 0.169. The van der Waals surface area contributed by atoms with Crippen LogP contribution in [0.5, 0.6) is 5.75 Å². The Kier molecular flexibility index (Phi) is 8.43. The van der Waals surface area contributed by atoms with Crippen LogP contribution in [0.1, 0.15) is 38.2 Å². The SMILES string of the molecule is CCOC(=O)CCCCCOc1c(F)cccc1CCN. The van der Waals surface area contributed by atoms with Gasteiger partial charge in [-0.05, 0) is 50.8 Å². The second-order valence-corrected chi connectivity index (χ2v) is 4.73. The summed E-state index contributed by atoms with van der Waals surface area (Å²) in [4.78, 5) is 11.1. The molecule has 1 aromatic carbocycles. The fourth-order valence-corrected chi connectivity index (χ4v) is 2.02. The zero-order valence-corrected chi connectivity index (χ0v) is 12.6. The predicted molar refractivity (Wildman–Crippen MR) is 79.8 cm³/mol. The molecule has 0 bridgehead atoms. The van der Waals surface area contributed by atoms with Crippen LogP contribution in [0, 0.1) is 5.82 Å². The molecular formula is C16H24FNO3. The van der Waals surface area contributed by atoms with E-state index in [2.05, 4.69) is 0 Å². The van der Waals surface area contributed by atoms with E-state index in [1.807, 2.05) is 6.07 Å². The molecule has 0 radical (unpaired) electrons. The van der Waals surface area contributed by atoms with Crippen LogP contribution in [-0.2, 0) is 16.0 Å². The number of ether oxygens (including phenoxy) is 2. The van der Waals surface area contributed by atoms with Gasteiger partial charge in [0.1, 0.15) is 0 Å². The van der Waals surface area contributed by atoms with Gasteiger partial charge < -0.3 is 15.2 Å². The molecule has 0 unspecified atom stereocenters. The number of esters is 1. The third-order valence-corrected chi connectivity index (χ3v) is 3.04. The maximum atomic E-state index is 13.7. The summed E-state index contributed by atoms with van der Waals surface area (Å²) >= 11 is 0. The van der Waals surface area contributed by atoms with Crippen LogP contribution in [0.3, 0.4) is 0 Å². The third-order valence-electron chi connectivity index (χ3n) is 3.04. The van der Waals surface area contributed by atoms with Crippen molar-refractivity contribution < 1.29 is 18.7 Å². The Bertz CT molecular complexity index is 438. The van der Waals surface area contributed by atoms with Gasteiger partial charge in [0.15, 0.2) is 11.6 Å². The van der Waals surface area contributed by atoms with Crippen LogP contribution in [0.25, 0.3) is 0 Å². The van der Waals surface area contributed by atoms with Crippen LogP contribution < -0.4 is 10.5 Å². The van der Waals surface area contributed by atoms with E-state index < -0.39 is 0 Å². The highest BCUT2D eigenvalue weighted by atomic mass is 19.1. The van der Waals surface area contributed by atoms with Gasteiger partial charge >= 0.3 is 5.97 Å². The van der Waals surface area contributed by atoms with Gasteiger partial charge in [-0.25, -0.2) is 4.39 Å². The van der Waals surface area contributed by atoms with Gasteiger partial charge in [-0.2, -0.15) is 0 Å². The zero-order chi connectivity index (χ0) is 15.5. The normalized spacial score (nSPS) is 10.4. The van der Waals surface area contributed by atoms with Gasteiger partial charge in [-0.15, -0.1) is 0 Å². The highest BCUT2D eigenvalue weighted by Gasteiger charge is 2.09. The lowest BCUT2D eigenvalue weighted by molar-refractivity contribution is -0.143. The van der Waals surface area contributed by atoms with Gasteiger partial charge in [0, 0.05) is 6.42 Å². The Morgan fingerprint density at radius 1 is 1.29 bits per heavy atom. The quantitative estimate of drug-likeness (QED) is 0.533. The minimum Gasteiger partial charge on any atom is -0.490 e. The summed E-state index contributed by atoms with van der Waals surface area (Å²) in [6.45, 7) is 3.10. The molecular weight excluding hydrogens is 273 g/mol. The number of nitrogens with two attached hydrogens (primary N) is 1. The van der Waals surface area contributed by atoms with Crippen molar-refractivity contribution in [3.05, 3.63) is 29.6 Å². The zero-order valence-electron chi connectivity index (χ0n) is 12.6. The fourth-order valence-electron chi connectivity index (χ4n) is 2.02. The van der Waals surface area contributed by atoms with Crippen molar-refractivity contribution in [1.29, 1.82) is 0 Å². The second-order valence-electron chi connectivity index (χ2n) is 4.73. The molecule has 1 rings (SSSR count). The Morgan fingerprint density at radius 2 is 2.10 bits per heavy atom. The highest BCUT2D eigenvalue weighted by molar-refractivity contribution is 5.69. The Balaban J connectivity index is 2.28. The van der Waals surface area contributed by atoms with Crippen LogP contribution >= 0.6 is 0 Å². The number of rotatable bonds is 10. The molecule has 4 nitrogen and oxygen atoms in total. The molecule has 0 saturated carbocycles. The molecule has 0 aliphatic heterocycles. The molecule has 0 aliphatic rings. The van der Waals surface area contributed by atoms with Gasteiger partial charge in [0.05, 0.1) is 13.2 Å². The number of hydrogen-bond donors (Lipinski definition) is 1. The third kappa shape index (κ3) is 6.58. The van der Waals surface area contributed by atoms with Crippen LogP contribution in [0.4, 0.5) is 4.39 Å². The predicted octanol–water partition coefficient (Wildman–Crippen LogP) is 2.83. The van der Waals surface area contributed by atoms with Gasteiger partial charge in [0.25, 0.3) is 0 Å². The first-order valence-corrected chi connectivity index (χ1v) is 7.45. The van der Waals surface area contributed by atoms with E-state index in [0.29, 0.717) is 38.3 Å². The van der Waals surface area contributed by atoms with Crippen molar-refractivity contribution in [3.8, 4) is 5.75 Å². The first-order valence-electron chi connectivity index (χ1n) is 7.45. The molecule has 0 aliphatic carbocycles. The molecule has 0 atom stereocenters. The lowest BCUT2D eigenvalue weighted by atomic mass is 10.1. The number of unbranched alkanes of at least 4 members (excludes halogenated alkanes) is 2. The summed E-state index contributed by atoms with van der Waals surface area (Å²) in [5, 5.41) is 0. The van der Waals surface area contributed by atoms with E-state index in [-0.39, 0.29) is 11.8 Å². The number of halogens is 1. The van der Waals surface area contributed by atoms with Crippen molar-refractivity contribution in [1.82, 2.24) is 0 Å². The first kappa shape index (κ1) is 17.4. The monoisotopic (exact) mass is 297 g/mol. The fraction of sp³-hybridized carbons (Fsp3) is 0.562. The van der Waals surface area contributed by atoms with Crippen molar-refractivity contribution in [3.63, 3.8) is 0 Å². The largest absolute Gasteiger partial charge is 0.490 e. The summed E-state index contributed by atoms with van der Waals surface area (Å²) in [7, 11) is 0. The van der Waals surface area contributed by atoms with Crippen molar-refractivity contribution in [2.75, 3.05) is 19.8 Å². The summed E-state index contributed by atoms with van der Waals surface area (Å²) in [5.41, 5.74) is 6.30. The average Bonchev–Trinajstić information content (AvgIpc) is 2.45. The number of hydrogen-bond acceptors (Lipinski definition) is 4. The molecule has 5 heteroatoms. The Hall–Kier alpha value is -1.62. The summed E-state index contributed by atoms with van der Waals surface area (Å²) in [5.74, 6) is -0.224. The lowest BCUT2D eigenvalue weighted by Crippen LogP contribution is -2.08. The van der Waals surface area contributed by atoms with E-state index in [0.717, 1.165) is 24.8 Å². The molecule has 21 heavy (non-hydrogen) atoms. The molecule has 0 aromatic heterocycles. The molecule has 0 amide bonds. The standard InChI is InChI=1S/C16H24FNO3/c1-2-20-15(19)9-4-3-5-12-21-16-13(10-11-18)7-6-8-14(16)17/h6-8H,2-5,9-12,18H2,1H3. The van der Waals surface area contributed by atoms with Crippen LogP contribution in [-0.4, -0.2) is 25.7 Å². The number of carbonyl (C=O) groups is 1. The molecule has 0 fully saturated rings. The maximum absolute atomic E-state index is 13.7. The first-order chi connectivity index (χ1) is 10.2. The van der Waals surface area contributed by atoms with E-state index in [1.54, 1.807) is 13.0 Å². The van der Waals surface area contributed by atoms with Crippen LogP contribution in [0.15, 0.2) is 18.2 Å². The molecule has 1 aromatic rings. The van der Waals surface area contributed by atoms with E-state index in [1.165, 1.54) is 6.07 Å². The van der Waals surface area contributed by atoms with E-state index >= 15 is 0 Å². The maximum Gasteiger partial charge on any atom is 0.305 e. The van der Waals surface area contributed by atoms with Crippen LogP contribution in [0.2, 0.25) is 0 Å². The summed E-state index contributed by atoms with van der Waals surface area (Å²) < 4.78 is 24.1. The smallest absolute Gasteiger partial charge is 0.305 e. The molecule has 0 spiro atoms. The Morgan fingerprint density at radius 3 is 2.81 bits per heavy atom. The van der Waals surface area contributed by atoms with Gasteiger partial charge in [-0.1, -0.05) is 12.1 Å². The Labute approximate surface area is 125 Å². The second kappa shape index (κ2) is 10.2. The molecule has 2 N–H and O–H groups in total. The molecule has 118 valence electrons. The van der Waals surface area contributed by atoms with Crippen molar-refractivity contribution in [2.24, 2.45) is 5.73 Å². The lowest BCUT2D eigenvalue weighted by Gasteiger charge is -2.11. The van der Waals surface area contributed by atoms with E-state index in [9.17, 15) is 9.18 Å². The summed E-state index contributed by atoms with van der Waals surface area (Å²) in [6, 6.07) is 4.87.